The van der Waals surface area contributed by atoms with Crippen LogP contribution in [0.25, 0.3) is 0 Å². The minimum Gasteiger partial charge on any atom is -0.312 e. The molecule has 0 radical (unpaired) electrons. The third-order valence-electron chi connectivity index (χ3n) is 3.34. The monoisotopic (exact) mass is 254 g/mol. The van der Waals surface area contributed by atoms with E-state index >= 15 is 0 Å². The Morgan fingerprint density at radius 3 is 2.53 bits per heavy atom. The highest BCUT2D eigenvalue weighted by molar-refractivity contribution is 4.92. The molecule has 1 aliphatic heterocycles. The van der Waals surface area contributed by atoms with E-state index in [1.807, 2.05) is 11.9 Å². The molecule has 3 nitrogen and oxygen atoms in total. The number of likely N-dealkylation sites (N-methyl/N-ethyl adjacent to an activating group) is 1. The topological polar surface area (TPSA) is 24.5 Å². The lowest BCUT2D eigenvalue weighted by Crippen LogP contribution is -2.43. The maximum absolute atomic E-state index is 11.8. The van der Waals surface area contributed by atoms with Gasteiger partial charge in [0.15, 0.2) is 0 Å². The molecule has 1 rings (SSSR count). The summed E-state index contributed by atoms with van der Waals surface area (Å²) in [5.41, 5.74) is 0.207. The van der Waals surface area contributed by atoms with Crippen LogP contribution in [-0.4, -0.2) is 50.6 Å². The van der Waals surface area contributed by atoms with Crippen molar-refractivity contribution >= 4 is 0 Å². The van der Waals surface area contributed by atoms with Gasteiger partial charge in [-0.25, -0.2) is 0 Å². The summed E-state index contributed by atoms with van der Waals surface area (Å²) in [6, 6.07) is 0.332. The van der Waals surface area contributed by atoms with E-state index in [1.165, 1.54) is 0 Å². The zero-order valence-electron chi connectivity index (χ0n) is 10.6. The minimum atomic E-state index is -4.52. The normalized spacial score (nSPS) is 24.5. The molecule has 1 heterocycles. The van der Waals surface area contributed by atoms with Crippen LogP contribution in [0.3, 0.4) is 0 Å². The molecule has 1 aliphatic rings. The number of alkyl halides is 3. The SMILES string of the molecule is CN(CCOC(F)(F)F)CC1NCCC1(C)C. The summed E-state index contributed by atoms with van der Waals surface area (Å²) in [4.78, 5) is 1.87. The molecule has 1 unspecified atom stereocenters. The van der Waals surface area contributed by atoms with Crippen LogP contribution in [0.5, 0.6) is 0 Å². The lowest BCUT2D eigenvalue weighted by atomic mass is 9.85. The highest BCUT2D eigenvalue weighted by Gasteiger charge is 2.34. The van der Waals surface area contributed by atoms with Gasteiger partial charge >= 0.3 is 6.36 Å². The maximum atomic E-state index is 11.8. The molecule has 0 aromatic carbocycles. The van der Waals surface area contributed by atoms with E-state index in [0.717, 1.165) is 19.5 Å². The van der Waals surface area contributed by atoms with Crippen LogP contribution in [0.2, 0.25) is 0 Å². The van der Waals surface area contributed by atoms with Gasteiger partial charge in [-0.3, -0.25) is 4.74 Å². The molecule has 0 aromatic heterocycles. The molecular weight excluding hydrogens is 233 g/mol. The van der Waals surface area contributed by atoms with Gasteiger partial charge in [-0.05, 0) is 25.4 Å². The molecule has 102 valence electrons. The van der Waals surface area contributed by atoms with E-state index in [1.54, 1.807) is 0 Å². The molecule has 17 heavy (non-hydrogen) atoms. The first-order valence-electron chi connectivity index (χ1n) is 5.83. The Kier molecular flexibility index (Phi) is 4.80. The molecule has 0 spiro atoms. The number of halogens is 3. The van der Waals surface area contributed by atoms with Crippen LogP contribution in [0.15, 0.2) is 0 Å². The van der Waals surface area contributed by atoms with Crippen LogP contribution in [0, 0.1) is 5.41 Å². The van der Waals surface area contributed by atoms with Crippen molar-refractivity contribution in [2.45, 2.75) is 32.7 Å². The molecule has 6 heteroatoms. The third kappa shape index (κ3) is 5.23. The summed E-state index contributed by atoms with van der Waals surface area (Å²) in [5, 5.41) is 3.38. The first-order valence-corrected chi connectivity index (χ1v) is 5.83. The molecule has 1 atom stereocenters. The summed E-state index contributed by atoms with van der Waals surface area (Å²) in [6.07, 6.45) is -3.42. The van der Waals surface area contributed by atoms with Crippen LogP contribution >= 0.6 is 0 Å². The molecule has 1 fully saturated rings. The van der Waals surface area contributed by atoms with Gasteiger partial charge in [0.2, 0.25) is 0 Å². The Labute approximate surface area is 100 Å². The second-order valence-corrected chi connectivity index (χ2v) is 5.30. The van der Waals surface area contributed by atoms with E-state index in [2.05, 4.69) is 23.9 Å². The number of hydrogen-bond donors (Lipinski definition) is 1. The van der Waals surface area contributed by atoms with Gasteiger partial charge in [-0.15, -0.1) is 13.2 Å². The summed E-state index contributed by atoms with van der Waals surface area (Å²) in [7, 11) is 1.82. The first kappa shape index (κ1) is 14.7. The summed E-state index contributed by atoms with van der Waals surface area (Å²) in [6.45, 7) is 6.05. The highest BCUT2D eigenvalue weighted by Crippen LogP contribution is 2.29. The van der Waals surface area contributed by atoms with Crippen molar-refractivity contribution in [3.8, 4) is 0 Å². The second kappa shape index (κ2) is 5.54. The van der Waals surface area contributed by atoms with Gasteiger partial charge in [0, 0.05) is 19.1 Å². The van der Waals surface area contributed by atoms with Crippen molar-refractivity contribution in [1.29, 1.82) is 0 Å². The summed E-state index contributed by atoms with van der Waals surface area (Å²) < 4.78 is 39.1. The van der Waals surface area contributed by atoms with Crippen molar-refractivity contribution in [2.75, 3.05) is 33.3 Å². The molecule has 0 aliphatic carbocycles. The van der Waals surface area contributed by atoms with Crippen LogP contribution in [0.1, 0.15) is 20.3 Å². The molecule has 1 N–H and O–H groups in total. The average Bonchev–Trinajstić information content (AvgIpc) is 2.43. The number of hydrogen-bond acceptors (Lipinski definition) is 3. The Morgan fingerprint density at radius 1 is 1.41 bits per heavy atom. The predicted octanol–water partition coefficient (Wildman–Crippen LogP) is 1.84. The van der Waals surface area contributed by atoms with Crippen LogP contribution in [0.4, 0.5) is 13.2 Å². The minimum absolute atomic E-state index is 0.207. The molecular formula is C11H21F3N2O. The molecule has 0 saturated carbocycles. The Bertz CT molecular complexity index is 243. The van der Waals surface area contributed by atoms with Gasteiger partial charge in [0.1, 0.15) is 0 Å². The number of nitrogens with one attached hydrogen (secondary N) is 1. The molecule has 0 aromatic rings. The smallest absolute Gasteiger partial charge is 0.312 e. The lowest BCUT2D eigenvalue weighted by molar-refractivity contribution is -0.324. The standard InChI is InChI=1S/C11H21F3N2O/c1-10(2)4-5-15-9(10)8-16(3)6-7-17-11(12,13)14/h9,15H,4-8H2,1-3H3. The fraction of sp³-hybridized carbons (Fsp3) is 1.00. The van der Waals surface area contributed by atoms with Crippen molar-refractivity contribution in [2.24, 2.45) is 5.41 Å². The number of rotatable bonds is 5. The second-order valence-electron chi connectivity index (χ2n) is 5.30. The van der Waals surface area contributed by atoms with Gasteiger partial charge in [-0.1, -0.05) is 13.8 Å². The highest BCUT2D eigenvalue weighted by atomic mass is 19.4. The van der Waals surface area contributed by atoms with Crippen LogP contribution in [-0.2, 0) is 4.74 Å². The summed E-state index contributed by atoms with van der Waals surface area (Å²) >= 11 is 0. The van der Waals surface area contributed by atoms with Crippen LogP contribution < -0.4 is 5.32 Å². The van der Waals surface area contributed by atoms with E-state index in [-0.39, 0.29) is 18.6 Å². The quantitative estimate of drug-likeness (QED) is 0.810. The fourth-order valence-corrected chi connectivity index (χ4v) is 2.05. The molecule has 0 amide bonds. The van der Waals surface area contributed by atoms with Gasteiger partial charge in [0.25, 0.3) is 0 Å². The first-order chi connectivity index (χ1) is 7.71. The molecule has 1 saturated heterocycles. The van der Waals surface area contributed by atoms with Gasteiger partial charge in [0.05, 0.1) is 6.61 Å². The fourth-order valence-electron chi connectivity index (χ4n) is 2.05. The van der Waals surface area contributed by atoms with Gasteiger partial charge < -0.3 is 10.2 Å². The van der Waals surface area contributed by atoms with E-state index in [4.69, 9.17) is 0 Å². The third-order valence-corrected chi connectivity index (χ3v) is 3.34. The average molecular weight is 254 g/mol. The zero-order chi connectivity index (χ0) is 13.1. The number of nitrogens with zero attached hydrogens (tertiary/aromatic N) is 1. The zero-order valence-corrected chi connectivity index (χ0v) is 10.6. The van der Waals surface area contributed by atoms with Crippen molar-refractivity contribution < 1.29 is 17.9 Å². The van der Waals surface area contributed by atoms with E-state index in [9.17, 15) is 13.2 Å². The predicted molar refractivity (Wildman–Crippen MR) is 59.7 cm³/mol. The Balaban J connectivity index is 2.23. The maximum Gasteiger partial charge on any atom is 0.522 e. The van der Waals surface area contributed by atoms with E-state index < -0.39 is 6.36 Å². The Morgan fingerprint density at radius 2 is 2.06 bits per heavy atom. The van der Waals surface area contributed by atoms with Crippen molar-refractivity contribution in [1.82, 2.24) is 10.2 Å². The van der Waals surface area contributed by atoms with Crippen molar-refractivity contribution in [3.05, 3.63) is 0 Å². The molecule has 0 bridgehead atoms. The largest absolute Gasteiger partial charge is 0.522 e. The lowest BCUT2D eigenvalue weighted by Gasteiger charge is -2.30. The van der Waals surface area contributed by atoms with E-state index in [0.29, 0.717) is 6.04 Å². The summed E-state index contributed by atoms with van der Waals surface area (Å²) in [5.74, 6) is 0. The number of ether oxygens (including phenoxy) is 1. The Hall–Kier alpha value is -0.330. The van der Waals surface area contributed by atoms with Crippen molar-refractivity contribution in [3.63, 3.8) is 0 Å². The van der Waals surface area contributed by atoms with Gasteiger partial charge in [-0.2, -0.15) is 0 Å².